The average molecular weight is 427 g/mol. The molecule has 1 aromatic carbocycles. The van der Waals surface area contributed by atoms with E-state index in [1.165, 1.54) is 0 Å². The van der Waals surface area contributed by atoms with Gasteiger partial charge in [0.25, 0.3) is 5.91 Å². The lowest BCUT2D eigenvalue weighted by Gasteiger charge is -2.36. The predicted octanol–water partition coefficient (Wildman–Crippen LogP) is 3.49. The zero-order chi connectivity index (χ0) is 22.0. The van der Waals surface area contributed by atoms with E-state index in [2.05, 4.69) is 5.32 Å². The smallest absolute Gasteiger partial charge is 0.376 e. The number of amides is 1. The Bertz CT molecular complexity index is 1010. The van der Waals surface area contributed by atoms with Gasteiger partial charge in [-0.1, -0.05) is 18.6 Å². The van der Waals surface area contributed by atoms with Crippen LogP contribution in [0.15, 0.2) is 28.7 Å². The minimum absolute atomic E-state index is 0.0664. The number of para-hydroxylation sites is 1. The first-order chi connectivity index (χ1) is 15.0. The summed E-state index contributed by atoms with van der Waals surface area (Å²) in [4.78, 5) is 49.4. The van der Waals surface area contributed by atoms with Gasteiger partial charge in [-0.3, -0.25) is 14.4 Å². The van der Waals surface area contributed by atoms with E-state index >= 15 is 0 Å². The highest BCUT2D eigenvalue weighted by atomic mass is 16.5. The number of ketones is 1. The van der Waals surface area contributed by atoms with E-state index in [4.69, 9.17) is 13.9 Å². The van der Waals surface area contributed by atoms with Crippen LogP contribution in [0.2, 0.25) is 0 Å². The number of furan rings is 1. The molecule has 0 aliphatic heterocycles. The molecule has 8 nitrogen and oxygen atoms in total. The number of fused-ring (bicyclic) bond motifs is 3. The molecular weight excluding hydrogens is 402 g/mol. The summed E-state index contributed by atoms with van der Waals surface area (Å²) in [6.07, 6.45) is 3.66. The highest BCUT2D eigenvalue weighted by molar-refractivity contribution is 6.09. The van der Waals surface area contributed by atoms with Gasteiger partial charge in [0.2, 0.25) is 5.76 Å². The molecule has 2 fully saturated rings. The van der Waals surface area contributed by atoms with Crippen LogP contribution in [0.1, 0.15) is 49.6 Å². The number of hydrogen-bond donors (Lipinski definition) is 1. The van der Waals surface area contributed by atoms with Crippen LogP contribution in [0.5, 0.6) is 0 Å². The van der Waals surface area contributed by atoms with E-state index in [1.807, 2.05) is 0 Å². The van der Waals surface area contributed by atoms with Crippen molar-refractivity contribution in [3.05, 3.63) is 30.0 Å². The van der Waals surface area contributed by atoms with Gasteiger partial charge in [0.15, 0.2) is 6.61 Å². The second-order valence-corrected chi connectivity index (χ2v) is 8.07. The van der Waals surface area contributed by atoms with E-state index in [0.29, 0.717) is 23.8 Å². The molecule has 2 atom stereocenters. The predicted molar refractivity (Wildman–Crippen MR) is 110 cm³/mol. The number of hydrogen-bond acceptors (Lipinski definition) is 7. The molecule has 0 unspecified atom stereocenters. The van der Waals surface area contributed by atoms with Crippen molar-refractivity contribution < 1.29 is 33.1 Å². The molecular formula is C23H25NO7. The summed E-state index contributed by atoms with van der Waals surface area (Å²) in [6.45, 7) is 1.35. The second kappa shape index (κ2) is 8.91. The third-order valence-electron chi connectivity index (χ3n) is 6.05. The number of anilines is 1. The Labute approximate surface area is 179 Å². The van der Waals surface area contributed by atoms with Crippen LogP contribution in [0.3, 0.4) is 0 Å². The van der Waals surface area contributed by atoms with E-state index in [-0.39, 0.29) is 41.6 Å². The summed E-state index contributed by atoms with van der Waals surface area (Å²) in [5.74, 6) is -2.06. The van der Waals surface area contributed by atoms with Crippen LogP contribution in [0.4, 0.5) is 5.69 Å². The van der Waals surface area contributed by atoms with Gasteiger partial charge < -0.3 is 19.2 Å². The summed E-state index contributed by atoms with van der Waals surface area (Å²) >= 11 is 0. The van der Waals surface area contributed by atoms with E-state index in [9.17, 15) is 19.2 Å². The Morgan fingerprint density at radius 3 is 2.52 bits per heavy atom. The van der Waals surface area contributed by atoms with E-state index < -0.39 is 24.5 Å². The number of esters is 2. The first kappa shape index (κ1) is 21.1. The van der Waals surface area contributed by atoms with Gasteiger partial charge >= 0.3 is 11.9 Å². The molecule has 31 heavy (non-hydrogen) atoms. The molecule has 1 N–H and O–H groups in total. The van der Waals surface area contributed by atoms with Crippen LogP contribution in [-0.4, -0.2) is 36.8 Å². The number of carbonyl (C=O) groups excluding carboxylic acids is 4. The molecule has 2 saturated carbocycles. The number of ether oxygens (including phenoxy) is 2. The standard InChI is InChI=1S/C23H25NO7/c1-2-29-23(28)21-19(16-8-3-4-9-17(16)31-21)24-18(25)12-30-22(27)15-10-13-6-5-7-14(11-15)20(13)26/h3-4,8-9,13-15H,2,5-7,10-12H2,1H3,(H,24,25)/t13-,14-/m0/s1. The maximum Gasteiger partial charge on any atom is 0.376 e. The van der Waals surface area contributed by atoms with Crippen molar-refractivity contribution in [3.63, 3.8) is 0 Å². The van der Waals surface area contributed by atoms with Gasteiger partial charge in [-0.15, -0.1) is 0 Å². The molecule has 0 radical (unpaired) electrons. The lowest BCUT2D eigenvalue weighted by molar-refractivity contribution is -0.155. The highest BCUT2D eigenvalue weighted by Gasteiger charge is 2.42. The summed E-state index contributed by atoms with van der Waals surface area (Å²) < 4.78 is 15.8. The molecule has 2 aliphatic carbocycles. The van der Waals surface area contributed by atoms with Crippen LogP contribution < -0.4 is 5.32 Å². The van der Waals surface area contributed by atoms with Crippen LogP contribution in [-0.2, 0) is 23.9 Å². The lowest BCUT2D eigenvalue weighted by Crippen LogP contribution is -2.40. The van der Waals surface area contributed by atoms with Gasteiger partial charge in [-0.2, -0.15) is 0 Å². The van der Waals surface area contributed by atoms with Crippen molar-refractivity contribution in [1.82, 2.24) is 0 Å². The Balaban J connectivity index is 1.40. The number of carbonyl (C=O) groups is 4. The first-order valence-electron chi connectivity index (χ1n) is 10.7. The van der Waals surface area contributed by atoms with Crippen LogP contribution >= 0.6 is 0 Å². The quantitative estimate of drug-likeness (QED) is 0.702. The summed E-state index contributed by atoms with van der Waals surface area (Å²) in [5, 5.41) is 3.16. The number of nitrogens with one attached hydrogen (secondary N) is 1. The molecule has 2 bridgehead atoms. The molecule has 1 amide bonds. The SMILES string of the molecule is CCOC(=O)c1oc2ccccc2c1NC(=O)COC(=O)C1C[C@@H]2CCC[C@@H](C1)C2=O. The molecule has 8 heteroatoms. The fourth-order valence-corrected chi connectivity index (χ4v) is 4.61. The van der Waals surface area contributed by atoms with Crippen molar-refractivity contribution in [3.8, 4) is 0 Å². The molecule has 4 rings (SSSR count). The largest absolute Gasteiger partial charge is 0.460 e. The Kier molecular flexibility index (Phi) is 6.06. The monoisotopic (exact) mass is 427 g/mol. The van der Waals surface area contributed by atoms with Gasteiger partial charge in [-0.25, -0.2) is 4.79 Å². The zero-order valence-electron chi connectivity index (χ0n) is 17.3. The van der Waals surface area contributed by atoms with Gasteiger partial charge in [0.05, 0.1) is 12.5 Å². The van der Waals surface area contributed by atoms with E-state index in [1.54, 1.807) is 31.2 Å². The fourth-order valence-electron chi connectivity index (χ4n) is 4.61. The number of Topliss-reactive ketones (excluding diaryl/α,β-unsaturated/α-hetero) is 1. The summed E-state index contributed by atoms with van der Waals surface area (Å²) in [6, 6.07) is 6.89. The molecule has 2 aliphatic rings. The highest BCUT2D eigenvalue weighted by Crippen LogP contribution is 2.40. The van der Waals surface area contributed by atoms with Crippen LogP contribution in [0.25, 0.3) is 11.0 Å². The van der Waals surface area contributed by atoms with Crippen LogP contribution in [0, 0.1) is 17.8 Å². The van der Waals surface area contributed by atoms with Gasteiger partial charge in [0, 0.05) is 17.2 Å². The Morgan fingerprint density at radius 2 is 1.81 bits per heavy atom. The van der Waals surface area contributed by atoms with Crippen molar-refractivity contribution in [2.45, 2.75) is 39.0 Å². The van der Waals surface area contributed by atoms with Crippen molar-refractivity contribution in [2.75, 3.05) is 18.5 Å². The lowest BCUT2D eigenvalue weighted by atomic mass is 9.67. The second-order valence-electron chi connectivity index (χ2n) is 8.07. The molecule has 0 spiro atoms. The van der Waals surface area contributed by atoms with Gasteiger partial charge in [0.1, 0.15) is 17.1 Å². The first-order valence-corrected chi connectivity index (χ1v) is 10.7. The van der Waals surface area contributed by atoms with E-state index in [0.717, 1.165) is 19.3 Å². The third kappa shape index (κ3) is 4.33. The molecule has 1 heterocycles. The van der Waals surface area contributed by atoms with Crippen molar-refractivity contribution in [2.24, 2.45) is 17.8 Å². The minimum atomic E-state index is -0.690. The normalized spacial score (nSPS) is 22.7. The molecule has 164 valence electrons. The molecule has 0 saturated heterocycles. The minimum Gasteiger partial charge on any atom is -0.460 e. The van der Waals surface area contributed by atoms with Gasteiger partial charge in [-0.05, 0) is 44.7 Å². The molecule has 2 aromatic rings. The third-order valence-corrected chi connectivity index (χ3v) is 6.05. The summed E-state index contributed by atoms with van der Waals surface area (Å²) in [7, 11) is 0. The van der Waals surface area contributed by atoms with Crippen molar-refractivity contribution >= 4 is 40.3 Å². The Hall–Kier alpha value is -3.16. The van der Waals surface area contributed by atoms with Crippen molar-refractivity contribution in [1.29, 1.82) is 0 Å². The zero-order valence-corrected chi connectivity index (χ0v) is 17.3. The fraction of sp³-hybridized carbons (Fsp3) is 0.478. The average Bonchev–Trinajstić information content (AvgIpc) is 3.10. The number of rotatable bonds is 6. The maximum absolute atomic E-state index is 12.5. The topological polar surface area (TPSA) is 112 Å². The maximum atomic E-state index is 12.5. The number of benzene rings is 1. The molecule has 1 aromatic heterocycles. The Morgan fingerprint density at radius 1 is 1.10 bits per heavy atom. The summed E-state index contributed by atoms with van der Waals surface area (Å²) in [5.41, 5.74) is 0.615.